The second-order valence-electron chi connectivity index (χ2n) is 5.10. The first kappa shape index (κ1) is 14.5. The lowest BCUT2D eigenvalue weighted by Gasteiger charge is -2.10. The minimum Gasteiger partial charge on any atom is -0.376 e. The summed E-state index contributed by atoms with van der Waals surface area (Å²) < 4.78 is 10.4. The number of hydrogen-bond acceptors (Lipinski definition) is 7. The molecular formula is C14H17N5O3. The number of hydrogen-bond donors (Lipinski definition) is 2. The molecule has 0 saturated carbocycles. The highest BCUT2D eigenvalue weighted by Crippen LogP contribution is 2.13. The van der Waals surface area contributed by atoms with Gasteiger partial charge in [-0.2, -0.15) is 0 Å². The van der Waals surface area contributed by atoms with E-state index in [1.54, 1.807) is 25.1 Å². The average Bonchev–Trinajstić information content (AvgIpc) is 3.17. The van der Waals surface area contributed by atoms with Crippen LogP contribution >= 0.6 is 0 Å². The van der Waals surface area contributed by atoms with Crippen LogP contribution in [0.15, 0.2) is 22.7 Å². The van der Waals surface area contributed by atoms with Crippen LogP contribution in [-0.4, -0.2) is 40.5 Å². The van der Waals surface area contributed by atoms with Crippen LogP contribution in [0.5, 0.6) is 0 Å². The Kier molecular flexibility index (Phi) is 4.29. The third-order valence-corrected chi connectivity index (χ3v) is 3.30. The van der Waals surface area contributed by atoms with Gasteiger partial charge in [0.25, 0.3) is 5.91 Å². The summed E-state index contributed by atoms with van der Waals surface area (Å²) in [5.41, 5.74) is 0.264. The maximum Gasteiger partial charge on any atom is 0.271 e. The van der Waals surface area contributed by atoms with Crippen LogP contribution < -0.4 is 10.6 Å². The first-order valence-corrected chi connectivity index (χ1v) is 7.14. The number of carbonyl (C=O) groups excluding carboxylic acids is 1. The van der Waals surface area contributed by atoms with Gasteiger partial charge >= 0.3 is 0 Å². The van der Waals surface area contributed by atoms with E-state index in [1.165, 1.54) is 0 Å². The number of amides is 1. The topological polar surface area (TPSA) is 102 Å². The van der Waals surface area contributed by atoms with Gasteiger partial charge in [-0.1, -0.05) is 5.16 Å². The van der Waals surface area contributed by atoms with Crippen molar-refractivity contribution in [2.24, 2.45) is 0 Å². The number of carbonyl (C=O) groups is 1. The molecule has 1 aliphatic rings. The molecule has 0 aromatic carbocycles. The van der Waals surface area contributed by atoms with E-state index in [0.29, 0.717) is 23.9 Å². The summed E-state index contributed by atoms with van der Waals surface area (Å²) in [6, 6.07) is 5.01. The molecule has 1 aliphatic heterocycles. The van der Waals surface area contributed by atoms with Gasteiger partial charge in [0.05, 0.1) is 6.10 Å². The van der Waals surface area contributed by atoms with Gasteiger partial charge in [0.15, 0.2) is 17.3 Å². The zero-order chi connectivity index (χ0) is 15.4. The Bertz CT molecular complexity index is 634. The summed E-state index contributed by atoms with van der Waals surface area (Å²) in [6.45, 7) is 3.06. The third kappa shape index (κ3) is 3.59. The van der Waals surface area contributed by atoms with Crippen molar-refractivity contribution in [2.75, 3.05) is 18.5 Å². The maximum absolute atomic E-state index is 12.0. The predicted octanol–water partition coefficient (Wildman–Crippen LogP) is 1.43. The van der Waals surface area contributed by atoms with Crippen molar-refractivity contribution in [1.29, 1.82) is 0 Å². The van der Waals surface area contributed by atoms with Crippen molar-refractivity contribution in [3.63, 3.8) is 0 Å². The molecule has 1 fully saturated rings. The van der Waals surface area contributed by atoms with Crippen LogP contribution in [0, 0.1) is 6.92 Å². The molecule has 0 bridgehead atoms. The number of aromatic nitrogens is 3. The molecule has 0 spiro atoms. The fourth-order valence-electron chi connectivity index (χ4n) is 2.18. The van der Waals surface area contributed by atoms with Crippen LogP contribution in [0.25, 0.3) is 0 Å². The minimum atomic E-state index is -0.258. The second kappa shape index (κ2) is 6.52. The normalized spacial score (nSPS) is 17.4. The quantitative estimate of drug-likeness (QED) is 0.861. The first-order chi connectivity index (χ1) is 10.7. The number of aryl methyl sites for hydroxylation is 1. The summed E-state index contributed by atoms with van der Waals surface area (Å²) in [5.74, 6) is 1.47. The van der Waals surface area contributed by atoms with E-state index in [-0.39, 0.29) is 17.7 Å². The molecule has 1 atom stereocenters. The Balaban J connectivity index is 1.54. The average molecular weight is 303 g/mol. The van der Waals surface area contributed by atoms with Gasteiger partial charge in [-0.05, 0) is 31.9 Å². The Morgan fingerprint density at radius 1 is 1.36 bits per heavy atom. The van der Waals surface area contributed by atoms with Crippen molar-refractivity contribution >= 4 is 17.5 Å². The molecule has 116 valence electrons. The summed E-state index contributed by atoms with van der Waals surface area (Å²) in [4.78, 5) is 12.0. The van der Waals surface area contributed by atoms with Gasteiger partial charge in [0, 0.05) is 19.2 Å². The summed E-state index contributed by atoms with van der Waals surface area (Å²) in [5, 5.41) is 17.4. The van der Waals surface area contributed by atoms with Crippen molar-refractivity contribution in [2.45, 2.75) is 25.9 Å². The monoisotopic (exact) mass is 303 g/mol. The van der Waals surface area contributed by atoms with Crippen LogP contribution in [0.4, 0.5) is 11.6 Å². The molecule has 2 aromatic heterocycles. The van der Waals surface area contributed by atoms with E-state index in [0.717, 1.165) is 19.4 Å². The van der Waals surface area contributed by atoms with Crippen molar-refractivity contribution < 1.29 is 14.1 Å². The van der Waals surface area contributed by atoms with E-state index in [2.05, 4.69) is 26.0 Å². The molecule has 8 nitrogen and oxygen atoms in total. The van der Waals surface area contributed by atoms with Gasteiger partial charge in [-0.15, -0.1) is 10.2 Å². The largest absolute Gasteiger partial charge is 0.376 e. The minimum absolute atomic E-state index is 0.105. The number of anilines is 2. The van der Waals surface area contributed by atoms with Gasteiger partial charge in [-0.3, -0.25) is 4.79 Å². The van der Waals surface area contributed by atoms with Crippen molar-refractivity contribution in [3.05, 3.63) is 29.7 Å². The van der Waals surface area contributed by atoms with E-state index in [9.17, 15) is 4.79 Å². The Morgan fingerprint density at radius 3 is 2.91 bits per heavy atom. The van der Waals surface area contributed by atoms with Crippen LogP contribution in [0.3, 0.4) is 0 Å². The highest BCUT2D eigenvalue weighted by Gasteiger charge is 2.17. The van der Waals surface area contributed by atoms with Crippen LogP contribution in [0.1, 0.15) is 29.1 Å². The molecule has 2 aromatic rings. The second-order valence-corrected chi connectivity index (χ2v) is 5.10. The Hall–Kier alpha value is -2.48. The molecule has 2 N–H and O–H groups in total. The molecule has 22 heavy (non-hydrogen) atoms. The number of nitrogens with zero attached hydrogens (tertiary/aromatic N) is 3. The summed E-state index contributed by atoms with van der Waals surface area (Å²) in [6.07, 6.45) is 2.13. The molecule has 0 aliphatic carbocycles. The molecule has 3 rings (SSSR count). The van der Waals surface area contributed by atoms with E-state index in [4.69, 9.17) is 9.26 Å². The van der Waals surface area contributed by atoms with E-state index < -0.39 is 0 Å². The predicted molar refractivity (Wildman–Crippen MR) is 77.9 cm³/mol. The molecule has 3 heterocycles. The molecule has 0 radical (unpaired) electrons. The zero-order valence-electron chi connectivity index (χ0n) is 12.2. The molecular weight excluding hydrogens is 286 g/mol. The maximum atomic E-state index is 12.0. The fraction of sp³-hybridized carbons (Fsp3) is 0.429. The Labute approximate surface area is 127 Å². The van der Waals surface area contributed by atoms with Gasteiger partial charge < -0.3 is 19.9 Å². The number of rotatable bonds is 5. The lowest BCUT2D eigenvalue weighted by atomic mass is 10.2. The van der Waals surface area contributed by atoms with Gasteiger partial charge in [0.2, 0.25) is 0 Å². The number of ether oxygens (including phenoxy) is 1. The molecule has 8 heteroatoms. The molecule has 1 amide bonds. The lowest BCUT2D eigenvalue weighted by Crippen LogP contribution is -2.32. The zero-order valence-corrected chi connectivity index (χ0v) is 12.2. The molecule has 1 saturated heterocycles. The highest BCUT2D eigenvalue weighted by atomic mass is 16.5. The SMILES string of the molecule is Cc1cc(Nc2ccc(C(=O)NCC3CCCO3)nn2)no1. The van der Waals surface area contributed by atoms with Crippen molar-refractivity contribution in [3.8, 4) is 0 Å². The van der Waals surface area contributed by atoms with Crippen LogP contribution in [-0.2, 0) is 4.74 Å². The van der Waals surface area contributed by atoms with Crippen LogP contribution in [0.2, 0.25) is 0 Å². The van der Waals surface area contributed by atoms with E-state index >= 15 is 0 Å². The standard InChI is InChI=1S/C14H17N5O3/c1-9-7-13(19-22-9)16-12-5-4-11(17-18-12)14(20)15-8-10-3-2-6-21-10/h4-5,7,10H,2-3,6,8H2,1H3,(H,15,20)(H,16,18,19). The summed E-state index contributed by atoms with van der Waals surface area (Å²) in [7, 11) is 0. The van der Waals surface area contributed by atoms with Gasteiger partial charge in [0.1, 0.15) is 5.76 Å². The van der Waals surface area contributed by atoms with Crippen molar-refractivity contribution in [1.82, 2.24) is 20.7 Å². The fourth-order valence-corrected chi connectivity index (χ4v) is 2.18. The number of nitrogens with one attached hydrogen (secondary N) is 2. The third-order valence-electron chi connectivity index (χ3n) is 3.30. The lowest BCUT2D eigenvalue weighted by molar-refractivity contribution is 0.0853. The Morgan fingerprint density at radius 2 is 2.27 bits per heavy atom. The van der Waals surface area contributed by atoms with Gasteiger partial charge in [-0.25, -0.2) is 0 Å². The highest BCUT2D eigenvalue weighted by molar-refractivity contribution is 5.92. The first-order valence-electron chi connectivity index (χ1n) is 7.14. The molecule has 1 unspecified atom stereocenters. The van der Waals surface area contributed by atoms with E-state index in [1.807, 2.05) is 0 Å². The summed E-state index contributed by atoms with van der Waals surface area (Å²) >= 11 is 0. The smallest absolute Gasteiger partial charge is 0.271 e.